The van der Waals surface area contributed by atoms with Crippen molar-refractivity contribution in [2.75, 3.05) is 59.7 Å². The minimum Gasteiger partial charge on any atom is -0.497 e. The van der Waals surface area contributed by atoms with Gasteiger partial charge in [-0.25, -0.2) is 0 Å². The van der Waals surface area contributed by atoms with E-state index in [4.69, 9.17) is 23.4 Å². The zero-order valence-corrected chi connectivity index (χ0v) is 18.6. The highest BCUT2D eigenvalue weighted by Crippen LogP contribution is 2.31. The number of hydrogen-bond donors (Lipinski definition) is 1. The summed E-state index contributed by atoms with van der Waals surface area (Å²) < 4.78 is 27.7. The topological polar surface area (TPSA) is 82.4 Å². The molecule has 1 aromatic carbocycles. The first kappa shape index (κ1) is 22.6. The maximum absolute atomic E-state index is 12.8. The molecule has 1 amide bonds. The highest BCUT2D eigenvalue weighted by molar-refractivity contribution is 5.91. The first-order valence-electron chi connectivity index (χ1n) is 11.2. The Morgan fingerprint density at radius 1 is 1.06 bits per heavy atom. The van der Waals surface area contributed by atoms with Gasteiger partial charge in [-0.3, -0.25) is 9.69 Å². The third-order valence-electron chi connectivity index (χ3n) is 6.15. The Kier molecular flexibility index (Phi) is 7.68. The van der Waals surface area contributed by atoms with Crippen molar-refractivity contribution in [2.24, 2.45) is 5.41 Å². The second kappa shape index (κ2) is 10.8. The molecule has 0 unspecified atom stereocenters. The number of hydrogen-bond acceptors (Lipinski definition) is 7. The average Bonchev–Trinajstić information content (AvgIpc) is 3.32. The van der Waals surface area contributed by atoms with Gasteiger partial charge in [0, 0.05) is 50.9 Å². The quantitative estimate of drug-likeness (QED) is 0.637. The number of benzene rings is 1. The second-order valence-corrected chi connectivity index (χ2v) is 8.42. The van der Waals surface area contributed by atoms with E-state index in [1.165, 1.54) is 0 Å². The normalized spacial score (nSPS) is 18.8. The highest BCUT2D eigenvalue weighted by Gasteiger charge is 2.35. The molecule has 4 rings (SSSR count). The van der Waals surface area contributed by atoms with Crippen LogP contribution < -0.4 is 14.8 Å². The fourth-order valence-corrected chi connectivity index (χ4v) is 4.21. The monoisotopic (exact) mass is 444 g/mol. The van der Waals surface area contributed by atoms with E-state index < -0.39 is 0 Å². The SMILES string of the molecule is COc1cccc(OCc2ccc(C(=O)NCC3(CN4CCOCC4)CCOCC3)o2)c1. The van der Waals surface area contributed by atoms with Gasteiger partial charge < -0.3 is 28.7 Å². The number of carbonyl (C=O) groups excluding carboxylic acids is 1. The molecule has 174 valence electrons. The van der Waals surface area contributed by atoms with E-state index in [1.807, 2.05) is 18.2 Å². The first-order valence-corrected chi connectivity index (χ1v) is 11.2. The van der Waals surface area contributed by atoms with Crippen molar-refractivity contribution in [3.63, 3.8) is 0 Å². The minimum absolute atomic E-state index is 0.0101. The van der Waals surface area contributed by atoms with Crippen LogP contribution in [0, 0.1) is 5.41 Å². The molecule has 0 atom stereocenters. The second-order valence-electron chi connectivity index (χ2n) is 8.42. The van der Waals surface area contributed by atoms with E-state index in [1.54, 1.807) is 25.3 Å². The van der Waals surface area contributed by atoms with E-state index >= 15 is 0 Å². The van der Waals surface area contributed by atoms with Crippen molar-refractivity contribution in [3.8, 4) is 11.5 Å². The van der Waals surface area contributed by atoms with Crippen LogP contribution in [0.4, 0.5) is 0 Å². The molecule has 2 aromatic rings. The lowest BCUT2D eigenvalue weighted by Gasteiger charge is -2.42. The van der Waals surface area contributed by atoms with Crippen LogP contribution in [0.15, 0.2) is 40.8 Å². The molecular weight excluding hydrogens is 412 g/mol. The smallest absolute Gasteiger partial charge is 0.287 e. The predicted molar refractivity (Wildman–Crippen MR) is 118 cm³/mol. The fraction of sp³-hybridized carbons (Fsp3) is 0.542. The Balaban J connectivity index is 1.31. The molecule has 0 bridgehead atoms. The largest absolute Gasteiger partial charge is 0.497 e. The number of furan rings is 1. The molecule has 3 heterocycles. The van der Waals surface area contributed by atoms with Crippen molar-refractivity contribution in [3.05, 3.63) is 47.9 Å². The molecular formula is C24H32N2O6. The molecule has 2 aliphatic rings. The summed E-state index contributed by atoms with van der Waals surface area (Å²) in [5.74, 6) is 2.08. The van der Waals surface area contributed by atoms with Crippen LogP contribution in [0.5, 0.6) is 11.5 Å². The van der Waals surface area contributed by atoms with Crippen molar-refractivity contribution in [1.82, 2.24) is 10.2 Å². The Morgan fingerprint density at radius 3 is 2.59 bits per heavy atom. The number of carbonyl (C=O) groups is 1. The maximum Gasteiger partial charge on any atom is 0.287 e. The first-order chi connectivity index (χ1) is 15.7. The number of amides is 1. The van der Waals surface area contributed by atoms with E-state index in [-0.39, 0.29) is 17.9 Å². The number of ether oxygens (including phenoxy) is 4. The lowest BCUT2D eigenvalue weighted by atomic mass is 9.79. The van der Waals surface area contributed by atoms with Crippen molar-refractivity contribution in [2.45, 2.75) is 19.4 Å². The van der Waals surface area contributed by atoms with E-state index in [0.717, 1.165) is 64.7 Å². The summed E-state index contributed by atoms with van der Waals surface area (Å²) in [7, 11) is 1.61. The average molecular weight is 445 g/mol. The van der Waals surface area contributed by atoms with Crippen molar-refractivity contribution >= 4 is 5.91 Å². The third-order valence-corrected chi connectivity index (χ3v) is 6.15. The van der Waals surface area contributed by atoms with Gasteiger partial charge in [0.05, 0.1) is 20.3 Å². The summed E-state index contributed by atoms with van der Waals surface area (Å²) >= 11 is 0. The van der Waals surface area contributed by atoms with Crippen LogP contribution in [-0.4, -0.2) is 70.5 Å². The van der Waals surface area contributed by atoms with Gasteiger partial charge in [0.1, 0.15) is 23.9 Å². The summed E-state index contributed by atoms with van der Waals surface area (Å²) in [5.41, 5.74) is 0.0101. The number of morpholine rings is 1. The van der Waals surface area contributed by atoms with Crippen LogP contribution in [0.1, 0.15) is 29.2 Å². The van der Waals surface area contributed by atoms with Gasteiger partial charge in [-0.05, 0) is 37.1 Å². The molecule has 0 radical (unpaired) electrons. The van der Waals surface area contributed by atoms with Crippen LogP contribution in [0.2, 0.25) is 0 Å². The number of rotatable bonds is 9. The summed E-state index contributed by atoms with van der Waals surface area (Å²) in [6.45, 7) is 6.65. The lowest BCUT2D eigenvalue weighted by Crippen LogP contribution is -2.50. The Bertz CT molecular complexity index is 871. The summed E-state index contributed by atoms with van der Waals surface area (Å²) in [6.07, 6.45) is 1.87. The highest BCUT2D eigenvalue weighted by atomic mass is 16.5. The molecule has 2 fully saturated rings. The van der Waals surface area contributed by atoms with E-state index in [0.29, 0.717) is 23.8 Å². The van der Waals surface area contributed by atoms with Crippen LogP contribution in [0.3, 0.4) is 0 Å². The molecule has 2 saturated heterocycles. The number of methoxy groups -OCH3 is 1. The third kappa shape index (κ3) is 6.03. The van der Waals surface area contributed by atoms with Crippen molar-refractivity contribution < 1.29 is 28.2 Å². The summed E-state index contributed by atoms with van der Waals surface area (Å²) in [6, 6.07) is 10.8. The maximum atomic E-state index is 12.8. The van der Waals surface area contributed by atoms with E-state index in [9.17, 15) is 4.79 Å². The van der Waals surface area contributed by atoms with Gasteiger partial charge in [0.25, 0.3) is 5.91 Å². The Hall–Kier alpha value is -2.55. The molecule has 1 N–H and O–H groups in total. The summed E-state index contributed by atoms with van der Waals surface area (Å²) in [4.78, 5) is 15.2. The van der Waals surface area contributed by atoms with Crippen molar-refractivity contribution in [1.29, 1.82) is 0 Å². The summed E-state index contributed by atoms with van der Waals surface area (Å²) in [5, 5.41) is 3.10. The minimum atomic E-state index is -0.203. The van der Waals surface area contributed by atoms with Gasteiger partial charge in [0.2, 0.25) is 0 Å². The van der Waals surface area contributed by atoms with Gasteiger partial charge in [-0.2, -0.15) is 0 Å². The van der Waals surface area contributed by atoms with Crippen LogP contribution in [-0.2, 0) is 16.1 Å². The van der Waals surface area contributed by atoms with E-state index in [2.05, 4.69) is 10.2 Å². The van der Waals surface area contributed by atoms with Crippen LogP contribution >= 0.6 is 0 Å². The molecule has 32 heavy (non-hydrogen) atoms. The van der Waals surface area contributed by atoms with Gasteiger partial charge in [0.15, 0.2) is 5.76 Å². The lowest BCUT2D eigenvalue weighted by molar-refractivity contribution is -0.0283. The predicted octanol–water partition coefficient (Wildman–Crippen LogP) is 2.73. The van der Waals surface area contributed by atoms with Gasteiger partial charge >= 0.3 is 0 Å². The molecule has 0 aliphatic carbocycles. The van der Waals surface area contributed by atoms with Crippen LogP contribution in [0.25, 0.3) is 0 Å². The van der Waals surface area contributed by atoms with Gasteiger partial charge in [-0.15, -0.1) is 0 Å². The Morgan fingerprint density at radius 2 is 1.81 bits per heavy atom. The standard InChI is InChI=1S/C24H32N2O6/c1-28-19-3-2-4-20(15-19)31-16-21-5-6-22(32-21)23(27)25-17-24(7-11-29-12-8-24)18-26-9-13-30-14-10-26/h2-6,15H,7-14,16-18H2,1H3,(H,25,27). The molecule has 8 nitrogen and oxygen atoms in total. The molecule has 1 aromatic heterocycles. The molecule has 0 saturated carbocycles. The zero-order chi connectivity index (χ0) is 22.2. The molecule has 2 aliphatic heterocycles. The number of nitrogens with one attached hydrogen (secondary N) is 1. The molecule has 8 heteroatoms. The number of nitrogens with zero attached hydrogens (tertiary/aromatic N) is 1. The Labute approximate surface area is 188 Å². The zero-order valence-electron chi connectivity index (χ0n) is 18.6. The van der Waals surface area contributed by atoms with Gasteiger partial charge in [-0.1, -0.05) is 6.07 Å². The molecule has 0 spiro atoms. The fourth-order valence-electron chi connectivity index (χ4n) is 4.21.